The molecule has 0 spiro atoms. The minimum atomic E-state index is -1.59. The molecule has 0 radical (unpaired) electrons. The SMILES string of the molecule is Cc1ccc(CN(C)C(=O)c2cc(F)c(F)c(F)c2)o1. The van der Waals surface area contributed by atoms with Crippen LogP contribution in [0.15, 0.2) is 28.7 Å². The molecule has 3 nitrogen and oxygen atoms in total. The van der Waals surface area contributed by atoms with Crippen LogP contribution in [0.3, 0.4) is 0 Å². The van der Waals surface area contributed by atoms with E-state index in [1.165, 1.54) is 11.9 Å². The first-order valence-corrected chi connectivity index (χ1v) is 5.84. The number of benzene rings is 1. The number of nitrogens with zero attached hydrogens (tertiary/aromatic N) is 1. The first-order chi connectivity index (χ1) is 9.38. The van der Waals surface area contributed by atoms with Crippen molar-refractivity contribution in [1.29, 1.82) is 0 Å². The number of halogens is 3. The minimum Gasteiger partial charge on any atom is -0.464 e. The molecule has 0 N–H and O–H groups in total. The summed E-state index contributed by atoms with van der Waals surface area (Å²) >= 11 is 0. The van der Waals surface area contributed by atoms with Crippen molar-refractivity contribution in [3.63, 3.8) is 0 Å². The van der Waals surface area contributed by atoms with E-state index in [4.69, 9.17) is 4.42 Å². The lowest BCUT2D eigenvalue weighted by molar-refractivity contribution is 0.0773. The lowest BCUT2D eigenvalue weighted by atomic mass is 10.2. The maximum absolute atomic E-state index is 13.1. The molecule has 0 aliphatic heterocycles. The Bertz CT molecular complexity index is 629. The normalized spacial score (nSPS) is 10.7. The predicted molar refractivity (Wildman–Crippen MR) is 65.6 cm³/mol. The van der Waals surface area contributed by atoms with Crippen LogP contribution in [0.5, 0.6) is 0 Å². The van der Waals surface area contributed by atoms with Crippen molar-refractivity contribution in [3.8, 4) is 0 Å². The molecule has 0 aliphatic carbocycles. The van der Waals surface area contributed by atoms with Crippen LogP contribution in [0.1, 0.15) is 21.9 Å². The highest BCUT2D eigenvalue weighted by molar-refractivity contribution is 5.94. The van der Waals surface area contributed by atoms with Crippen molar-refractivity contribution in [2.45, 2.75) is 13.5 Å². The molecule has 1 aromatic carbocycles. The Hall–Kier alpha value is -2.24. The summed E-state index contributed by atoms with van der Waals surface area (Å²) in [5, 5.41) is 0. The van der Waals surface area contributed by atoms with Crippen LogP contribution in [0, 0.1) is 24.4 Å². The molecule has 2 aromatic rings. The summed E-state index contributed by atoms with van der Waals surface area (Å²) in [7, 11) is 1.46. The van der Waals surface area contributed by atoms with E-state index < -0.39 is 23.4 Å². The van der Waals surface area contributed by atoms with Crippen molar-refractivity contribution in [2.75, 3.05) is 7.05 Å². The summed E-state index contributed by atoms with van der Waals surface area (Å²) in [6.45, 7) is 1.91. The summed E-state index contributed by atoms with van der Waals surface area (Å²) in [5.41, 5.74) is -0.257. The highest BCUT2D eigenvalue weighted by atomic mass is 19.2. The smallest absolute Gasteiger partial charge is 0.254 e. The maximum atomic E-state index is 13.1. The topological polar surface area (TPSA) is 33.5 Å². The van der Waals surface area contributed by atoms with Gasteiger partial charge in [0, 0.05) is 12.6 Å². The molecule has 0 saturated carbocycles. The quantitative estimate of drug-likeness (QED) is 0.810. The van der Waals surface area contributed by atoms with Crippen molar-refractivity contribution in [3.05, 3.63) is 58.8 Å². The van der Waals surface area contributed by atoms with E-state index in [0.29, 0.717) is 23.7 Å². The average molecular weight is 283 g/mol. The molecule has 1 amide bonds. The molecule has 0 aliphatic rings. The van der Waals surface area contributed by atoms with Crippen LogP contribution in [-0.4, -0.2) is 17.9 Å². The van der Waals surface area contributed by atoms with E-state index in [2.05, 4.69) is 0 Å². The maximum Gasteiger partial charge on any atom is 0.254 e. The highest BCUT2D eigenvalue weighted by Crippen LogP contribution is 2.16. The second-order valence-electron chi connectivity index (χ2n) is 4.43. The molecule has 0 saturated heterocycles. The third kappa shape index (κ3) is 2.84. The Morgan fingerprint density at radius 3 is 2.30 bits per heavy atom. The molecule has 20 heavy (non-hydrogen) atoms. The van der Waals surface area contributed by atoms with Crippen LogP contribution < -0.4 is 0 Å². The van der Waals surface area contributed by atoms with Gasteiger partial charge in [-0.2, -0.15) is 0 Å². The molecule has 1 aromatic heterocycles. The van der Waals surface area contributed by atoms with Gasteiger partial charge in [-0.05, 0) is 31.2 Å². The van der Waals surface area contributed by atoms with E-state index in [0.717, 1.165) is 0 Å². The molecule has 2 rings (SSSR count). The first kappa shape index (κ1) is 14.2. The van der Waals surface area contributed by atoms with Crippen LogP contribution >= 0.6 is 0 Å². The lowest BCUT2D eigenvalue weighted by Gasteiger charge is -2.16. The van der Waals surface area contributed by atoms with Crippen molar-refractivity contribution in [1.82, 2.24) is 4.90 Å². The number of carbonyl (C=O) groups is 1. The van der Waals surface area contributed by atoms with E-state index in [9.17, 15) is 18.0 Å². The van der Waals surface area contributed by atoms with Gasteiger partial charge in [-0.1, -0.05) is 0 Å². The van der Waals surface area contributed by atoms with Gasteiger partial charge in [-0.15, -0.1) is 0 Å². The largest absolute Gasteiger partial charge is 0.464 e. The Morgan fingerprint density at radius 2 is 1.80 bits per heavy atom. The summed E-state index contributed by atoms with van der Waals surface area (Å²) < 4.78 is 44.3. The molecule has 6 heteroatoms. The fraction of sp³-hybridized carbons (Fsp3) is 0.214. The van der Waals surface area contributed by atoms with Gasteiger partial charge < -0.3 is 9.32 Å². The average Bonchev–Trinajstić information content (AvgIpc) is 2.79. The van der Waals surface area contributed by atoms with Gasteiger partial charge in [0.15, 0.2) is 17.5 Å². The van der Waals surface area contributed by atoms with Gasteiger partial charge in [0.05, 0.1) is 6.54 Å². The standard InChI is InChI=1S/C14H12F3NO2/c1-8-3-4-10(20-8)7-18(2)14(19)9-5-11(15)13(17)12(16)6-9/h3-6H,7H2,1-2H3. The zero-order valence-corrected chi connectivity index (χ0v) is 10.9. The number of hydrogen-bond donors (Lipinski definition) is 0. The number of aryl methyl sites for hydroxylation is 1. The summed E-state index contributed by atoms with van der Waals surface area (Å²) in [4.78, 5) is 13.2. The third-order valence-corrected chi connectivity index (χ3v) is 2.77. The Kier molecular flexibility index (Phi) is 3.83. The molecule has 0 bridgehead atoms. The van der Waals surface area contributed by atoms with Crippen molar-refractivity contribution >= 4 is 5.91 Å². The van der Waals surface area contributed by atoms with Gasteiger partial charge in [-0.25, -0.2) is 13.2 Å². The Labute approximate surface area is 113 Å². The molecule has 1 heterocycles. The fourth-order valence-electron chi connectivity index (χ4n) is 1.78. The number of furan rings is 1. The molecular formula is C14H12F3NO2. The van der Waals surface area contributed by atoms with Crippen LogP contribution in [0.2, 0.25) is 0 Å². The summed E-state index contributed by atoms with van der Waals surface area (Å²) in [5.74, 6) is -3.77. The second kappa shape index (κ2) is 5.40. The molecule has 0 fully saturated rings. The molecular weight excluding hydrogens is 271 g/mol. The van der Waals surface area contributed by atoms with Crippen LogP contribution in [0.25, 0.3) is 0 Å². The van der Waals surface area contributed by atoms with Gasteiger partial charge >= 0.3 is 0 Å². The Morgan fingerprint density at radius 1 is 1.20 bits per heavy atom. The number of amides is 1. The zero-order valence-electron chi connectivity index (χ0n) is 10.9. The van der Waals surface area contributed by atoms with E-state index >= 15 is 0 Å². The van der Waals surface area contributed by atoms with Gasteiger partial charge in [0.1, 0.15) is 11.5 Å². The number of rotatable bonds is 3. The second-order valence-corrected chi connectivity index (χ2v) is 4.43. The molecule has 0 atom stereocenters. The molecule has 0 unspecified atom stereocenters. The van der Waals surface area contributed by atoms with Crippen molar-refractivity contribution in [2.24, 2.45) is 0 Å². The van der Waals surface area contributed by atoms with Gasteiger partial charge in [0.2, 0.25) is 0 Å². The predicted octanol–water partition coefficient (Wildman–Crippen LogP) is 3.28. The summed E-state index contributed by atoms with van der Waals surface area (Å²) in [6, 6.07) is 4.78. The molecule has 106 valence electrons. The lowest BCUT2D eigenvalue weighted by Crippen LogP contribution is -2.26. The number of carbonyl (C=O) groups excluding carboxylic acids is 1. The van der Waals surface area contributed by atoms with E-state index in [1.807, 2.05) is 0 Å². The monoisotopic (exact) mass is 283 g/mol. The van der Waals surface area contributed by atoms with Crippen molar-refractivity contribution < 1.29 is 22.4 Å². The third-order valence-electron chi connectivity index (χ3n) is 2.77. The fourth-order valence-corrected chi connectivity index (χ4v) is 1.78. The van der Waals surface area contributed by atoms with E-state index in [-0.39, 0.29) is 12.1 Å². The van der Waals surface area contributed by atoms with Crippen LogP contribution in [-0.2, 0) is 6.54 Å². The number of hydrogen-bond acceptors (Lipinski definition) is 2. The summed E-state index contributed by atoms with van der Waals surface area (Å²) in [6.07, 6.45) is 0. The highest BCUT2D eigenvalue weighted by Gasteiger charge is 2.18. The Balaban J connectivity index is 2.18. The van der Waals surface area contributed by atoms with Crippen LogP contribution in [0.4, 0.5) is 13.2 Å². The zero-order chi connectivity index (χ0) is 14.9. The minimum absolute atomic E-state index is 0.146. The van der Waals surface area contributed by atoms with Gasteiger partial charge in [-0.3, -0.25) is 4.79 Å². The first-order valence-electron chi connectivity index (χ1n) is 5.84. The van der Waals surface area contributed by atoms with Gasteiger partial charge in [0.25, 0.3) is 5.91 Å². The van der Waals surface area contributed by atoms with E-state index in [1.54, 1.807) is 19.1 Å².